The number of hydrogen-bond donors (Lipinski definition) is 2. The monoisotopic (exact) mass is 222 g/mol. The van der Waals surface area contributed by atoms with E-state index in [1.54, 1.807) is 12.1 Å². The molecule has 0 radical (unpaired) electrons. The number of hydrogen-bond acceptors (Lipinski definition) is 5. The van der Waals surface area contributed by atoms with Crippen molar-refractivity contribution in [3.8, 4) is 0 Å². The third-order valence-corrected chi connectivity index (χ3v) is 1.92. The molecule has 0 bridgehead atoms. The molecule has 2 rings (SSSR count). The van der Waals surface area contributed by atoms with Crippen molar-refractivity contribution in [3.05, 3.63) is 36.0 Å². The fourth-order valence-electron chi connectivity index (χ4n) is 1.19. The minimum atomic E-state index is -0.292. The number of nitrogens with zero attached hydrogens (tertiary/aromatic N) is 2. The van der Waals surface area contributed by atoms with Crippen LogP contribution in [0.3, 0.4) is 0 Å². The summed E-state index contributed by atoms with van der Waals surface area (Å²) in [5.74, 6) is 0.187. The Morgan fingerprint density at radius 3 is 2.69 bits per heavy atom. The van der Waals surface area contributed by atoms with Crippen LogP contribution in [-0.4, -0.2) is 16.7 Å². The van der Waals surface area contributed by atoms with Gasteiger partial charge in [-0.05, 0) is 24.3 Å². The van der Waals surface area contributed by atoms with Gasteiger partial charge in [-0.25, -0.2) is 4.39 Å². The Balaban J connectivity index is 2.05. The predicted octanol–water partition coefficient (Wildman–Crippen LogP) is 1.45. The lowest BCUT2D eigenvalue weighted by atomic mass is 10.3. The molecule has 16 heavy (non-hydrogen) atoms. The predicted molar refractivity (Wildman–Crippen MR) is 56.7 cm³/mol. The maximum Gasteiger partial charge on any atom is 0.320 e. The summed E-state index contributed by atoms with van der Waals surface area (Å²) in [6.45, 7) is 0.457. The number of rotatable bonds is 4. The van der Waals surface area contributed by atoms with Gasteiger partial charge in [-0.1, -0.05) is 5.10 Å². The largest absolute Gasteiger partial charge is 0.408 e. The van der Waals surface area contributed by atoms with Gasteiger partial charge in [0.2, 0.25) is 5.89 Å². The number of nitrogens with one attached hydrogen (secondary N) is 1. The highest BCUT2D eigenvalue weighted by molar-refractivity contribution is 5.51. The van der Waals surface area contributed by atoms with E-state index in [9.17, 15) is 4.39 Å². The molecule has 1 aromatic carbocycles. The van der Waals surface area contributed by atoms with Crippen LogP contribution in [-0.2, 0) is 6.42 Å². The molecule has 3 N–H and O–H groups in total. The van der Waals surface area contributed by atoms with Gasteiger partial charge in [0.05, 0.1) is 0 Å². The first-order valence-electron chi connectivity index (χ1n) is 4.83. The fraction of sp³-hybridized carbons (Fsp3) is 0.200. The van der Waals surface area contributed by atoms with E-state index in [0.717, 1.165) is 0 Å². The molecular formula is C10H11FN4O. The summed E-state index contributed by atoms with van der Waals surface area (Å²) in [6, 6.07) is 6.14. The Morgan fingerprint density at radius 2 is 2.00 bits per heavy atom. The smallest absolute Gasteiger partial charge is 0.320 e. The first kappa shape index (κ1) is 10.6. The molecule has 84 valence electrons. The van der Waals surface area contributed by atoms with Gasteiger partial charge >= 0.3 is 6.01 Å². The number of aromatic nitrogens is 2. The van der Waals surface area contributed by atoms with Crippen LogP contribution >= 0.6 is 0 Å². The zero-order chi connectivity index (χ0) is 11.4. The summed E-state index contributed by atoms with van der Waals surface area (Å²) in [6.07, 6.45) is 0.540. The van der Waals surface area contributed by atoms with E-state index in [2.05, 4.69) is 15.5 Å². The van der Waals surface area contributed by atoms with Crippen molar-refractivity contribution in [1.29, 1.82) is 0 Å². The Morgan fingerprint density at radius 1 is 1.25 bits per heavy atom. The number of benzene rings is 1. The van der Waals surface area contributed by atoms with Crippen molar-refractivity contribution in [1.82, 2.24) is 10.2 Å². The zero-order valence-corrected chi connectivity index (χ0v) is 8.48. The molecule has 2 aromatic rings. The lowest BCUT2D eigenvalue weighted by Gasteiger charge is -1.99. The minimum absolute atomic E-state index is 0.273. The Kier molecular flexibility index (Phi) is 3.11. The summed E-state index contributed by atoms with van der Waals surface area (Å²) >= 11 is 0. The molecule has 5 nitrogen and oxygen atoms in total. The average molecular weight is 222 g/mol. The van der Waals surface area contributed by atoms with Crippen LogP contribution in [0.25, 0.3) is 0 Å². The van der Waals surface area contributed by atoms with Gasteiger partial charge in [-0.2, -0.15) is 0 Å². The standard InChI is InChI=1S/C10H11FN4O/c11-7-1-3-8(4-2-7)13-10-15-14-9(16-10)5-6-12/h1-4H,5-6,12H2,(H,13,15). The molecule has 0 unspecified atom stereocenters. The zero-order valence-electron chi connectivity index (χ0n) is 8.48. The summed E-state index contributed by atoms with van der Waals surface area (Å²) in [5, 5.41) is 10.4. The molecule has 6 heteroatoms. The molecule has 0 saturated carbocycles. The summed E-state index contributed by atoms with van der Waals surface area (Å²) in [5.41, 5.74) is 6.03. The second-order valence-corrected chi connectivity index (χ2v) is 3.17. The Bertz CT molecular complexity index is 454. The van der Waals surface area contributed by atoms with Gasteiger partial charge in [0.1, 0.15) is 5.82 Å². The van der Waals surface area contributed by atoms with E-state index in [1.807, 2.05) is 0 Å². The molecule has 0 amide bonds. The fourth-order valence-corrected chi connectivity index (χ4v) is 1.19. The molecule has 0 atom stereocenters. The van der Waals surface area contributed by atoms with Crippen LogP contribution in [0.2, 0.25) is 0 Å². The van der Waals surface area contributed by atoms with Gasteiger partial charge in [0, 0.05) is 18.7 Å². The van der Waals surface area contributed by atoms with Crippen LogP contribution in [0.4, 0.5) is 16.1 Å². The van der Waals surface area contributed by atoms with Crippen LogP contribution in [0.5, 0.6) is 0 Å². The van der Waals surface area contributed by atoms with Crippen molar-refractivity contribution in [2.24, 2.45) is 5.73 Å². The number of anilines is 2. The van der Waals surface area contributed by atoms with Crippen LogP contribution in [0.1, 0.15) is 5.89 Å². The lowest BCUT2D eigenvalue weighted by molar-refractivity contribution is 0.510. The molecule has 0 aliphatic heterocycles. The molecule has 0 fully saturated rings. The molecule has 0 aliphatic carbocycles. The average Bonchev–Trinajstić information content (AvgIpc) is 2.70. The van der Waals surface area contributed by atoms with Gasteiger partial charge < -0.3 is 15.5 Å². The highest BCUT2D eigenvalue weighted by Gasteiger charge is 2.04. The maximum atomic E-state index is 12.6. The second-order valence-electron chi connectivity index (χ2n) is 3.17. The van der Waals surface area contributed by atoms with E-state index in [-0.39, 0.29) is 11.8 Å². The molecule has 1 aromatic heterocycles. The van der Waals surface area contributed by atoms with Crippen LogP contribution < -0.4 is 11.1 Å². The Hall–Kier alpha value is -1.95. The molecule has 0 saturated heterocycles. The van der Waals surface area contributed by atoms with Crippen molar-refractivity contribution in [3.63, 3.8) is 0 Å². The van der Waals surface area contributed by atoms with Crippen molar-refractivity contribution in [2.45, 2.75) is 6.42 Å². The van der Waals surface area contributed by atoms with Crippen LogP contribution in [0, 0.1) is 5.82 Å². The third-order valence-electron chi connectivity index (χ3n) is 1.92. The third kappa shape index (κ3) is 2.54. The van der Waals surface area contributed by atoms with Gasteiger partial charge in [0.25, 0.3) is 0 Å². The van der Waals surface area contributed by atoms with E-state index < -0.39 is 0 Å². The quantitative estimate of drug-likeness (QED) is 0.818. The topological polar surface area (TPSA) is 77.0 Å². The molecular weight excluding hydrogens is 211 g/mol. The minimum Gasteiger partial charge on any atom is -0.408 e. The molecule has 1 heterocycles. The van der Waals surface area contributed by atoms with E-state index >= 15 is 0 Å². The first-order chi connectivity index (χ1) is 7.78. The molecule has 0 spiro atoms. The van der Waals surface area contributed by atoms with Gasteiger partial charge in [0.15, 0.2) is 0 Å². The van der Waals surface area contributed by atoms with E-state index in [1.165, 1.54) is 12.1 Å². The van der Waals surface area contributed by atoms with Gasteiger partial charge in [-0.15, -0.1) is 5.10 Å². The summed E-state index contributed by atoms with van der Waals surface area (Å²) < 4.78 is 17.9. The van der Waals surface area contributed by atoms with E-state index in [0.29, 0.717) is 24.5 Å². The summed E-state index contributed by atoms with van der Waals surface area (Å²) in [4.78, 5) is 0. The SMILES string of the molecule is NCCc1nnc(Nc2ccc(F)cc2)o1. The van der Waals surface area contributed by atoms with Crippen molar-refractivity contribution >= 4 is 11.7 Å². The van der Waals surface area contributed by atoms with Crippen molar-refractivity contribution in [2.75, 3.05) is 11.9 Å². The van der Waals surface area contributed by atoms with E-state index in [4.69, 9.17) is 10.2 Å². The lowest BCUT2D eigenvalue weighted by Crippen LogP contribution is -2.02. The number of nitrogens with two attached hydrogens (primary N) is 1. The highest BCUT2D eigenvalue weighted by Crippen LogP contribution is 2.15. The van der Waals surface area contributed by atoms with Crippen LogP contribution in [0.15, 0.2) is 28.7 Å². The van der Waals surface area contributed by atoms with Crippen molar-refractivity contribution < 1.29 is 8.81 Å². The van der Waals surface area contributed by atoms with Gasteiger partial charge in [-0.3, -0.25) is 0 Å². The highest BCUT2D eigenvalue weighted by atomic mass is 19.1. The Labute approximate surface area is 91.5 Å². The summed E-state index contributed by atoms with van der Waals surface area (Å²) in [7, 11) is 0. The normalized spacial score (nSPS) is 10.4. The molecule has 0 aliphatic rings. The number of halogens is 1. The second kappa shape index (κ2) is 4.71. The maximum absolute atomic E-state index is 12.6. The first-order valence-corrected chi connectivity index (χ1v) is 4.83.